The van der Waals surface area contributed by atoms with Crippen LogP contribution in [0.15, 0.2) is 55.2 Å². The van der Waals surface area contributed by atoms with Crippen LogP contribution in [-0.2, 0) is 0 Å². The maximum Gasteiger partial charge on any atom is 0.123 e. The molecule has 0 bridgehead atoms. The van der Waals surface area contributed by atoms with Crippen molar-refractivity contribution in [3.8, 4) is 21.0 Å². The minimum atomic E-state index is 1.01. The maximum absolute atomic E-state index is 4.43. The van der Waals surface area contributed by atoms with Gasteiger partial charge in [0.1, 0.15) is 5.01 Å². The van der Waals surface area contributed by atoms with Crippen LogP contribution in [0.4, 0.5) is 0 Å². The van der Waals surface area contributed by atoms with Gasteiger partial charge in [-0.1, -0.05) is 0 Å². The number of pyridine rings is 2. The van der Waals surface area contributed by atoms with Crippen LogP contribution in [0.3, 0.4) is 0 Å². The first-order chi connectivity index (χ1) is 8.43. The third-order valence-electron chi connectivity index (χ3n) is 2.40. The summed E-state index contributed by atoms with van der Waals surface area (Å²) in [5.41, 5.74) is 2.25. The van der Waals surface area contributed by atoms with Gasteiger partial charge in [0.2, 0.25) is 0 Å². The van der Waals surface area contributed by atoms with E-state index in [1.54, 1.807) is 36.1 Å². The lowest BCUT2D eigenvalue weighted by Gasteiger charge is -1.94. The van der Waals surface area contributed by atoms with E-state index in [1.807, 2.05) is 30.5 Å². The molecule has 0 radical (unpaired) electrons. The fourth-order valence-electron chi connectivity index (χ4n) is 1.55. The Hall–Kier alpha value is -2.07. The number of aromatic nitrogens is 3. The Bertz CT molecular complexity index is 551. The largest absolute Gasteiger partial charge is 0.265 e. The van der Waals surface area contributed by atoms with Crippen LogP contribution in [0, 0.1) is 0 Å². The lowest BCUT2D eigenvalue weighted by molar-refractivity contribution is 1.32. The minimum absolute atomic E-state index is 1.01. The fraction of sp³-hybridized carbons (Fsp3) is 0. The second kappa shape index (κ2) is 4.43. The van der Waals surface area contributed by atoms with Crippen molar-refractivity contribution in [1.29, 1.82) is 0 Å². The van der Waals surface area contributed by atoms with E-state index in [9.17, 15) is 0 Å². The van der Waals surface area contributed by atoms with Crippen molar-refractivity contribution in [3.63, 3.8) is 0 Å². The summed E-state index contributed by atoms with van der Waals surface area (Å²) in [6.07, 6.45) is 9.05. The zero-order valence-corrected chi connectivity index (χ0v) is 9.76. The van der Waals surface area contributed by atoms with Crippen molar-refractivity contribution in [2.75, 3.05) is 0 Å². The summed E-state index contributed by atoms with van der Waals surface area (Å²) in [6.45, 7) is 0. The van der Waals surface area contributed by atoms with Gasteiger partial charge in [-0.25, -0.2) is 4.98 Å². The van der Waals surface area contributed by atoms with Crippen molar-refractivity contribution in [1.82, 2.24) is 15.0 Å². The molecular formula is C13H9N3S. The van der Waals surface area contributed by atoms with Gasteiger partial charge in [0.15, 0.2) is 0 Å². The molecule has 0 spiro atoms. The van der Waals surface area contributed by atoms with E-state index in [4.69, 9.17) is 0 Å². The maximum atomic E-state index is 4.43. The van der Waals surface area contributed by atoms with Gasteiger partial charge in [-0.05, 0) is 29.8 Å². The summed E-state index contributed by atoms with van der Waals surface area (Å²) in [7, 11) is 0. The van der Waals surface area contributed by atoms with Crippen LogP contribution in [0.1, 0.15) is 0 Å². The summed E-state index contributed by atoms with van der Waals surface area (Å²) in [6, 6.07) is 7.91. The predicted octanol–water partition coefficient (Wildman–Crippen LogP) is 3.27. The molecule has 3 aromatic rings. The van der Waals surface area contributed by atoms with Crippen LogP contribution in [0.5, 0.6) is 0 Å². The highest BCUT2D eigenvalue weighted by atomic mass is 32.1. The molecule has 4 heteroatoms. The molecule has 0 saturated heterocycles. The summed E-state index contributed by atoms with van der Waals surface area (Å²) >= 11 is 1.67. The second-order valence-corrected chi connectivity index (χ2v) is 4.53. The molecule has 0 atom stereocenters. The van der Waals surface area contributed by atoms with Gasteiger partial charge in [-0.15, -0.1) is 11.3 Å². The molecule has 0 aromatic carbocycles. The SMILES string of the molecule is c1cc(-c2cnc(-c3ccncc3)s2)ccn1. The first-order valence-corrected chi connectivity index (χ1v) is 6.02. The van der Waals surface area contributed by atoms with Gasteiger partial charge < -0.3 is 0 Å². The highest BCUT2D eigenvalue weighted by Crippen LogP contribution is 2.31. The van der Waals surface area contributed by atoms with Crippen LogP contribution in [-0.4, -0.2) is 15.0 Å². The Labute approximate surface area is 103 Å². The molecule has 3 aromatic heterocycles. The van der Waals surface area contributed by atoms with E-state index < -0.39 is 0 Å². The van der Waals surface area contributed by atoms with Crippen LogP contribution in [0.25, 0.3) is 21.0 Å². The average molecular weight is 239 g/mol. The average Bonchev–Trinajstić information content (AvgIpc) is 2.90. The number of hydrogen-bond donors (Lipinski definition) is 0. The molecule has 82 valence electrons. The van der Waals surface area contributed by atoms with Crippen molar-refractivity contribution in [3.05, 3.63) is 55.2 Å². The molecule has 0 aliphatic carbocycles. The van der Waals surface area contributed by atoms with E-state index >= 15 is 0 Å². The summed E-state index contributed by atoms with van der Waals surface area (Å²) in [5, 5.41) is 1.01. The number of hydrogen-bond acceptors (Lipinski definition) is 4. The summed E-state index contributed by atoms with van der Waals surface area (Å²) in [4.78, 5) is 13.6. The van der Waals surface area contributed by atoms with E-state index in [-0.39, 0.29) is 0 Å². The van der Waals surface area contributed by atoms with Gasteiger partial charge in [-0.2, -0.15) is 0 Å². The van der Waals surface area contributed by atoms with E-state index in [0.717, 1.165) is 21.0 Å². The van der Waals surface area contributed by atoms with Crippen LogP contribution >= 0.6 is 11.3 Å². The molecule has 0 amide bonds. The highest BCUT2D eigenvalue weighted by molar-refractivity contribution is 7.18. The topological polar surface area (TPSA) is 38.7 Å². The quantitative estimate of drug-likeness (QED) is 0.689. The van der Waals surface area contributed by atoms with Gasteiger partial charge in [0, 0.05) is 36.5 Å². The first-order valence-electron chi connectivity index (χ1n) is 5.20. The second-order valence-electron chi connectivity index (χ2n) is 3.50. The Morgan fingerprint density at radius 2 is 1.35 bits per heavy atom. The van der Waals surface area contributed by atoms with Crippen molar-refractivity contribution in [2.24, 2.45) is 0 Å². The number of thiazole rings is 1. The minimum Gasteiger partial charge on any atom is -0.265 e. The summed E-state index contributed by atoms with van der Waals surface area (Å²) < 4.78 is 0. The third-order valence-corrected chi connectivity index (χ3v) is 3.49. The smallest absolute Gasteiger partial charge is 0.123 e. The standard InChI is InChI=1S/C13H9N3S/c1-5-14-6-2-10(1)12-9-16-13(17-12)11-3-7-15-8-4-11/h1-9H. The molecule has 0 saturated carbocycles. The van der Waals surface area contributed by atoms with E-state index in [1.165, 1.54) is 0 Å². The van der Waals surface area contributed by atoms with Gasteiger partial charge in [0.05, 0.1) is 4.88 Å². The molecule has 0 aliphatic rings. The van der Waals surface area contributed by atoms with Gasteiger partial charge in [-0.3, -0.25) is 9.97 Å². The zero-order valence-electron chi connectivity index (χ0n) is 8.95. The third kappa shape index (κ3) is 2.07. The lowest BCUT2D eigenvalue weighted by Crippen LogP contribution is -1.74. The van der Waals surface area contributed by atoms with E-state index in [0.29, 0.717) is 0 Å². The molecule has 3 heterocycles. The fourth-order valence-corrected chi connectivity index (χ4v) is 2.48. The van der Waals surface area contributed by atoms with Crippen molar-refractivity contribution < 1.29 is 0 Å². The molecule has 17 heavy (non-hydrogen) atoms. The Morgan fingerprint density at radius 3 is 2.00 bits per heavy atom. The molecule has 0 aliphatic heterocycles. The molecule has 3 nitrogen and oxygen atoms in total. The monoisotopic (exact) mass is 239 g/mol. The Kier molecular flexibility index (Phi) is 2.63. The zero-order chi connectivity index (χ0) is 11.5. The number of rotatable bonds is 2. The van der Waals surface area contributed by atoms with Crippen molar-refractivity contribution in [2.45, 2.75) is 0 Å². The van der Waals surface area contributed by atoms with Gasteiger partial charge >= 0.3 is 0 Å². The predicted molar refractivity (Wildman–Crippen MR) is 68.6 cm³/mol. The lowest BCUT2D eigenvalue weighted by atomic mass is 10.2. The Morgan fingerprint density at radius 1 is 0.765 bits per heavy atom. The summed E-state index contributed by atoms with van der Waals surface area (Å²) in [5.74, 6) is 0. The molecule has 3 rings (SSSR count). The molecule has 0 fully saturated rings. The normalized spacial score (nSPS) is 10.4. The molecular weight excluding hydrogens is 230 g/mol. The molecule has 0 N–H and O–H groups in total. The number of nitrogens with zero attached hydrogens (tertiary/aromatic N) is 3. The van der Waals surface area contributed by atoms with Crippen LogP contribution in [0.2, 0.25) is 0 Å². The van der Waals surface area contributed by atoms with Gasteiger partial charge in [0.25, 0.3) is 0 Å². The Balaban J connectivity index is 1.99. The van der Waals surface area contributed by atoms with Crippen molar-refractivity contribution >= 4 is 11.3 Å². The molecule has 0 unspecified atom stereocenters. The van der Waals surface area contributed by atoms with Crippen LogP contribution < -0.4 is 0 Å². The first kappa shape index (κ1) is 10.1. The highest BCUT2D eigenvalue weighted by Gasteiger charge is 2.05. The van der Waals surface area contributed by atoms with E-state index in [2.05, 4.69) is 15.0 Å².